The number of hydrogen-bond acceptors (Lipinski definition) is 3. The van der Waals surface area contributed by atoms with E-state index in [2.05, 4.69) is 15.0 Å². The van der Waals surface area contributed by atoms with Crippen LogP contribution in [0, 0.1) is 0 Å². The Morgan fingerprint density at radius 1 is 0.867 bits per heavy atom. The summed E-state index contributed by atoms with van der Waals surface area (Å²) in [4.78, 5) is 12.7. The van der Waals surface area contributed by atoms with E-state index in [-0.39, 0.29) is 0 Å². The molecule has 6 nitrogen and oxygen atoms in total. The van der Waals surface area contributed by atoms with Gasteiger partial charge in [0.05, 0.1) is 6.20 Å². The molecule has 72 valence electrons. The summed E-state index contributed by atoms with van der Waals surface area (Å²) in [7, 11) is 0. The predicted molar refractivity (Wildman–Crippen MR) is 52.7 cm³/mol. The van der Waals surface area contributed by atoms with Crippen LogP contribution >= 0.6 is 0 Å². The van der Waals surface area contributed by atoms with Crippen molar-refractivity contribution >= 4 is 17.2 Å². The van der Waals surface area contributed by atoms with Crippen molar-refractivity contribution in [3.8, 4) is 0 Å². The summed E-state index contributed by atoms with van der Waals surface area (Å²) in [5.41, 5.74) is 0.959. The van der Waals surface area contributed by atoms with Gasteiger partial charge in [0.25, 0.3) is 0 Å². The zero-order valence-corrected chi connectivity index (χ0v) is 7.65. The highest BCUT2D eigenvalue weighted by Crippen LogP contribution is 2.11. The van der Waals surface area contributed by atoms with Gasteiger partial charge in [0, 0.05) is 24.8 Å². The minimum atomic E-state index is 0.821. The van der Waals surface area contributed by atoms with E-state index < -0.39 is 0 Å². The van der Waals surface area contributed by atoms with Crippen LogP contribution in [-0.2, 0) is 0 Å². The van der Waals surface area contributed by atoms with Crippen LogP contribution in [0.25, 0.3) is 17.2 Å². The molecule has 0 aliphatic heterocycles. The molecule has 0 atom stereocenters. The molecule has 0 aliphatic carbocycles. The molecule has 0 radical (unpaired) electrons. The zero-order chi connectivity index (χ0) is 9.83. The molecule has 4 rings (SSSR count). The third kappa shape index (κ3) is 0.687. The number of fused-ring (bicyclic) bond motifs is 6. The first-order valence-electron chi connectivity index (χ1n) is 4.55. The van der Waals surface area contributed by atoms with Gasteiger partial charge in [-0.05, 0) is 0 Å². The number of imidazole rings is 3. The highest BCUT2D eigenvalue weighted by molar-refractivity contribution is 5.55. The van der Waals surface area contributed by atoms with E-state index in [1.807, 2.05) is 25.6 Å². The Bertz CT molecular complexity index is 579. The van der Waals surface area contributed by atoms with E-state index in [4.69, 9.17) is 0 Å². The summed E-state index contributed by atoms with van der Waals surface area (Å²) in [6, 6.07) is 0. The highest BCUT2D eigenvalue weighted by Gasteiger charge is 2.08. The summed E-state index contributed by atoms with van der Waals surface area (Å²) >= 11 is 0. The first kappa shape index (κ1) is 6.99. The number of hydrogen-bond donors (Lipinski definition) is 0. The Balaban J connectivity index is 2.56. The molecule has 0 amide bonds. The quantitative estimate of drug-likeness (QED) is 0.416. The average Bonchev–Trinajstić information content (AvgIpc) is 2.97. The van der Waals surface area contributed by atoms with E-state index >= 15 is 0 Å². The summed E-state index contributed by atoms with van der Waals surface area (Å²) in [5.74, 6) is 1.66. The van der Waals surface area contributed by atoms with Crippen LogP contribution in [0.5, 0.6) is 0 Å². The van der Waals surface area contributed by atoms with Crippen LogP contribution in [0.2, 0.25) is 0 Å². The van der Waals surface area contributed by atoms with Gasteiger partial charge < -0.3 is 0 Å². The van der Waals surface area contributed by atoms with Gasteiger partial charge in [-0.15, -0.1) is 0 Å². The van der Waals surface area contributed by atoms with Crippen molar-refractivity contribution in [2.75, 3.05) is 0 Å². The zero-order valence-electron chi connectivity index (χ0n) is 7.65. The van der Waals surface area contributed by atoms with E-state index in [1.165, 1.54) is 0 Å². The SMILES string of the molecule is c1cn2c3cncn3c3nccn3c2n1. The third-order valence-corrected chi connectivity index (χ3v) is 2.54. The van der Waals surface area contributed by atoms with Gasteiger partial charge in [-0.3, -0.25) is 13.2 Å². The van der Waals surface area contributed by atoms with Crippen molar-refractivity contribution in [3.63, 3.8) is 0 Å². The molecule has 0 saturated heterocycles. The number of nitrogens with zero attached hydrogens (tertiary/aromatic N) is 6. The smallest absolute Gasteiger partial charge is 0.223 e. The largest absolute Gasteiger partial charge is 0.269 e. The third-order valence-electron chi connectivity index (χ3n) is 2.54. The summed E-state index contributed by atoms with van der Waals surface area (Å²) in [6.07, 6.45) is 10.9. The second-order valence-corrected chi connectivity index (χ2v) is 3.32. The fourth-order valence-corrected chi connectivity index (χ4v) is 1.90. The summed E-state index contributed by atoms with van der Waals surface area (Å²) < 4.78 is 5.82. The van der Waals surface area contributed by atoms with Crippen molar-refractivity contribution in [2.45, 2.75) is 0 Å². The van der Waals surface area contributed by atoms with Gasteiger partial charge in [-0.2, -0.15) is 0 Å². The normalized spacial score (nSPS) is 12.0. The Morgan fingerprint density at radius 2 is 1.60 bits per heavy atom. The van der Waals surface area contributed by atoms with Crippen molar-refractivity contribution in [1.29, 1.82) is 0 Å². The Hall–Kier alpha value is -2.37. The maximum absolute atomic E-state index is 4.29. The van der Waals surface area contributed by atoms with Crippen LogP contribution < -0.4 is 0 Å². The average molecular weight is 198 g/mol. The van der Waals surface area contributed by atoms with Crippen LogP contribution in [0.1, 0.15) is 0 Å². The lowest BCUT2D eigenvalue weighted by Crippen LogP contribution is -2.01. The first-order chi connectivity index (χ1) is 7.45. The topological polar surface area (TPSA) is 51.9 Å². The lowest BCUT2D eigenvalue weighted by atomic mass is 10.7. The Morgan fingerprint density at radius 3 is 2.47 bits per heavy atom. The molecular formula is C9H6N6. The highest BCUT2D eigenvalue weighted by atomic mass is 15.3. The van der Waals surface area contributed by atoms with E-state index in [9.17, 15) is 0 Å². The van der Waals surface area contributed by atoms with Gasteiger partial charge in [-0.1, -0.05) is 0 Å². The van der Waals surface area contributed by atoms with Crippen LogP contribution in [0.3, 0.4) is 0 Å². The summed E-state index contributed by atoms with van der Waals surface area (Å²) in [6.45, 7) is 0. The van der Waals surface area contributed by atoms with E-state index in [1.54, 1.807) is 24.9 Å². The lowest BCUT2D eigenvalue weighted by Gasteiger charge is -2.01. The first-order valence-corrected chi connectivity index (χ1v) is 4.55. The fraction of sp³-hybridized carbons (Fsp3) is 0. The number of rotatable bonds is 0. The lowest BCUT2D eigenvalue weighted by molar-refractivity contribution is 0.988. The van der Waals surface area contributed by atoms with Gasteiger partial charge in [0.1, 0.15) is 12.0 Å². The minimum absolute atomic E-state index is 0.821. The van der Waals surface area contributed by atoms with Crippen LogP contribution in [0.15, 0.2) is 37.3 Å². The molecule has 0 bridgehead atoms. The molecule has 0 aromatic carbocycles. The predicted octanol–water partition coefficient (Wildman–Crippen LogP) is 0.630. The molecular weight excluding hydrogens is 192 g/mol. The molecule has 0 unspecified atom stereocenters. The molecule has 4 aromatic heterocycles. The molecule has 15 heavy (non-hydrogen) atoms. The molecule has 0 fully saturated rings. The molecule has 0 saturated carbocycles. The Kier molecular flexibility index (Phi) is 1.01. The van der Waals surface area contributed by atoms with Crippen LogP contribution in [-0.4, -0.2) is 28.2 Å². The standard InChI is InChI=1S/C9H6N6/c1-3-13-7-5-10-6-15(7)9-12-2-4-14(9)8(13)11-1/h1-6H. The molecule has 0 aliphatic rings. The second kappa shape index (κ2) is 2.17. The minimum Gasteiger partial charge on any atom is -0.269 e. The molecule has 4 heterocycles. The maximum Gasteiger partial charge on any atom is 0.223 e. The Labute approximate surface area is 83.4 Å². The summed E-state index contributed by atoms with van der Waals surface area (Å²) in [5, 5.41) is 0. The van der Waals surface area contributed by atoms with Crippen molar-refractivity contribution in [2.24, 2.45) is 0 Å². The molecule has 6 heteroatoms. The van der Waals surface area contributed by atoms with E-state index in [0.29, 0.717) is 0 Å². The molecule has 4 aromatic rings. The van der Waals surface area contributed by atoms with Gasteiger partial charge >= 0.3 is 0 Å². The number of aromatic nitrogens is 6. The van der Waals surface area contributed by atoms with Crippen LogP contribution in [0.4, 0.5) is 0 Å². The van der Waals surface area contributed by atoms with Gasteiger partial charge in [0.15, 0.2) is 0 Å². The van der Waals surface area contributed by atoms with Crippen molar-refractivity contribution < 1.29 is 0 Å². The van der Waals surface area contributed by atoms with Gasteiger partial charge in [-0.25, -0.2) is 15.0 Å². The molecule has 0 N–H and O–H groups in total. The van der Waals surface area contributed by atoms with Gasteiger partial charge in [0.2, 0.25) is 11.6 Å². The van der Waals surface area contributed by atoms with Crippen molar-refractivity contribution in [3.05, 3.63) is 37.3 Å². The monoisotopic (exact) mass is 198 g/mol. The second-order valence-electron chi connectivity index (χ2n) is 3.32. The maximum atomic E-state index is 4.29. The fourth-order valence-electron chi connectivity index (χ4n) is 1.90. The van der Waals surface area contributed by atoms with E-state index in [0.717, 1.165) is 17.2 Å². The molecule has 0 spiro atoms. The van der Waals surface area contributed by atoms with Crippen molar-refractivity contribution in [1.82, 2.24) is 28.2 Å².